The fourth-order valence-corrected chi connectivity index (χ4v) is 4.49. The first-order chi connectivity index (χ1) is 13.6. The lowest BCUT2D eigenvalue weighted by molar-refractivity contribution is -0.145. The molecule has 0 aliphatic heterocycles. The number of nitriles is 1. The van der Waals surface area contributed by atoms with Crippen molar-refractivity contribution in [1.29, 1.82) is 5.26 Å². The third-order valence-corrected chi connectivity index (χ3v) is 6.37. The average Bonchev–Trinajstić information content (AvgIpc) is 2.74. The van der Waals surface area contributed by atoms with Crippen LogP contribution in [-0.2, 0) is 10.2 Å². The van der Waals surface area contributed by atoms with E-state index in [-0.39, 0.29) is 0 Å². The molecule has 0 saturated heterocycles. The summed E-state index contributed by atoms with van der Waals surface area (Å²) >= 11 is 0. The molecule has 0 spiro atoms. The zero-order valence-corrected chi connectivity index (χ0v) is 16.7. The van der Waals surface area contributed by atoms with Gasteiger partial charge >= 0.3 is 5.97 Å². The van der Waals surface area contributed by atoms with Crippen LogP contribution >= 0.6 is 0 Å². The predicted octanol–water partition coefficient (Wildman–Crippen LogP) is 6.32. The van der Waals surface area contributed by atoms with Crippen LogP contribution in [0, 0.1) is 17.2 Å². The Hall–Kier alpha value is -2.60. The van der Waals surface area contributed by atoms with E-state index in [2.05, 4.69) is 13.0 Å². The normalized spacial score (nSPS) is 21.8. The van der Waals surface area contributed by atoms with Gasteiger partial charge in [0.2, 0.25) is 0 Å². The molecule has 1 aliphatic carbocycles. The largest absolute Gasteiger partial charge is 0.481 e. The SMILES string of the molecule is CCCCC[C@H]1CC[C@](C(=O)O)(c2ccc(-c3ccc(C#N)cc3)cc2)CC1. The van der Waals surface area contributed by atoms with Crippen LogP contribution in [0.15, 0.2) is 48.5 Å². The Balaban J connectivity index is 1.74. The third-order valence-electron chi connectivity index (χ3n) is 6.37. The highest BCUT2D eigenvalue weighted by molar-refractivity contribution is 5.82. The number of carboxylic acid groups (broad SMARTS) is 1. The molecule has 0 unspecified atom stereocenters. The van der Waals surface area contributed by atoms with E-state index in [1.807, 2.05) is 48.5 Å². The molecule has 0 bridgehead atoms. The van der Waals surface area contributed by atoms with Crippen LogP contribution in [0.3, 0.4) is 0 Å². The molecule has 1 N–H and O–H groups in total. The zero-order chi connectivity index (χ0) is 20.0. The quantitative estimate of drug-likeness (QED) is 0.576. The second-order valence-electron chi connectivity index (χ2n) is 8.09. The molecule has 3 nitrogen and oxygen atoms in total. The summed E-state index contributed by atoms with van der Waals surface area (Å²) in [5.74, 6) is -0.0115. The minimum absolute atomic E-state index is 0.640. The summed E-state index contributed by atoms with van der Waals surface area (Å²) in [5, 5.41) is 19.0. The van der Waals surface area contributed by atoms with E-state index in [1.165, 1.54) is 25.7 Å². The van der Waals surface area contributed by atoms with Gasteiger partial charge in [0.05, 0.1) is 17.0 Å². The van der Waals surface area contributed by atoms with Crippen molar-refractivity contribution < 1.29 is 9.90 Å². The van der Waals surface area contributed by atoms with Crippen molar-refractivity contribution in [3.63, 3.8) is 0 Å². The topological polar surface area (TPSA) is 61.1 Å². The summed E-state index contributed by atoms with van der Waals surface area (Å²) < 4.78 is 0. The van der Waals surface area contributed by atoms with E-state index in [0.717, 1.165) is 42.4 Å². The summed E-state index contributed by atoms with van der Waals surface area (Å²) in [6.07, 6.45) is 8.49. The highest BCUT2D eigenvalue weighted by atomic mass is 16.4. The summed E-state index contributed by atoms with van der Waals surface area (Å²) in [7, 11) is 0. The van der Waals surface area contributed by atoms with Crippen LogP contribution in [0.5, 0.6) is 0 Å². The van der Waals surface area contributed by atoms with E-state index in [1.54, 1.807) is 0 Å². The molecule has 3 rings (SSSR count). The van der Waals surface area contributed by atoms with Crippen LogP contribution in [0.25, 0.3) is 11.1 Å². The first-order valence-electron chi connectivity index (χ1n) is 10.4. The van der Waals surface area contributed by atoms with Gasteiger partial charge in [-0.15, -0.1) is 0 Å². The van der Waals surface area contributed by atoms with Gasteiger partial charge in [0, 0.05) is 0 Å². The van der Waals surface area contributed by atoms with Gasteiger partial charge in [0.1, 0.15) is 0 Å². The maximum Gasteiger partial charge on any atom is 0.314 e. The van der Waals surface area contributed by atoms with Crippen molar-refractivity contribution in [2.75, 3.05) is 0 Å². The number of rotatable bonds is 7. The van der Waals surface area contributed by atoms with Gasteiger partial charge in [-0.2, -0.15) is 5.26 Å². The Morgan fingerprint density at radius 2 is 1.61 bits per heavy atom. The van der Waals surface area contributed by atoms with Crippen LogP contribution in [0.4, 0.5) is 0 Å². The van der Waals surface area contributed by atoms with Crippen molar-refractivity contribution >= 4 is 5.97 Å². The van der Waals surface area contributed by atoms with Crippen LogP contribution < -0.4 is 0 Å². The maximum atomic E-state index is 12.2. The lowest BCUT2D eigenvalue weighted by Gasteiger charge is -2.37. The standard InChI is InChI=1S/C25H29NO2/c1-2-3-4-5-19-14-16-25(17-15-19,24(27)28)23-12-10-22(11-13-23)21-8-6-20(18-26)7-9-21/h6-13,19H,2-5,14-17H2,1H3,(H,27,28)/t19-,25+. The number of nitrogens with zero attached hydrogens (tertiary/aromatic N) is 1. The molecular weight excluding hydrogens is 346 g/mol. The Morgan fingerprint density at radius 3 is 2.11 bits per heavy atom. The summed E-state index contributed by atoms with van der Waals surface area (Å²) in [6.45, 7) is 2.22. The molecule has 28 heavy (non-hydrogen) atoms. The summed E-state index contributed by atoms with van der Waals surface area (Å²) in [6, 6.07) is 17.6. The second-order valence-corrected chi connectivity index (χ2v) is 8.09. The van der Waals surface area contributed by atoms with Crippen molar-refractivity contribution in [3.05, 3.63) is 59.7 Å². The van der Waals surface area contributed by atoms with Gasteiger partial charge in [0.25, 0.3) is 0 Å². The van der Waals surface area contributed by atoms with Crippen molar-refractivity contribution in [3.8, 4) is 17.2 Å². The van der Waals surface area contributed by atoms with Gasteiger partial charge in [-0.3, -0.25) is 4.79 Å². The molecule has 3 heteroatoms. The third kappa shape index (κ3) is 4.28. The lowest BCUT2D eigenvalue weighted by Crippen LogP contribution is -2.39. The Bertz CT molecular complexity index is 822. The Kier molecular flexibility index (Phi) is 6.52. The first kappa shape index (κ1) is 20.1. The van der Waals surface area contributed by atoms with Gasteiger partial charge in [-0.1, -0.05) is 69.0 Å². The van der Waals surface area contributed by atoms with E-state index in [0.29, 0.717) is 11.5 Å². The van der Waals surface area contributed by atoms with E-state index >= 15 is 0 Å². The monoisotopic (exact) mass is 375 g/mol. The Labute approximate surface area is 168 Å². The number of carboxylic acids is 1. The molecule has 0 amide bonds. The number of carbonyl (C=O) groups is 1. The molecule has 1 aliphatic rings. The van der Waals surface area contributed by atoms with Crippen LogP contribution in [0.2, 0.25) is 0 Å². The molecule has 1 fully saturated rings. The number of hydrogen-bond acceptors (Lipinski definition) is 2. The van der Waals surface area contributed by atoms with Gasteiger partial charge in [-0.05, 0) is 60.4 Å². The predicted molar refractivity (Wildman–Crippen MR) is 112 cm³/mol. The molecule has 146 valence electrons. The first-order valence-corrected chi connectivity index (χ1v) is 10.4. The maximum absolute atomic E-state index is 12.2. The average molecular weight is 376 g/mol. The molecule has 2 aromatic carbocycles. The van der Waals surface area contributed by atoms with Crippen molar-refractivity contribution in [2.45, 2.75) is 63.7 Å². The molecule has 0 radical (unpaired) electrons. The minimum atomic E-state index is -0.746. The number of hydrogen-bond donors (Lipinski definition) is 1. The smallest absolute Gasteiger partial charge is 0.314 e. The second kappa shape index (κ2) is 9.06. The molecule has 2 aromatic rings. The van der Waals surface area contributed by atoms with E-state index in [4.69, 9.17) is 5.26 Å². The number of benzene rings is 2. The summed E-state index contributed by atoms with van der Waals surface area (Å²) in [4.78, 5) is 12.2. The van der Waals surface area contributed by atoms with Crippen molar-refractivity contribution in [2.24, 2.45) is 5.92 Å². The highest BCUT2D eigenvalue weighted by Crippen LogP contribution is 2.43. The molecular formula is C25H29NO2. The van der Waals surface area contributed by atoms with E-state index in [9.17, 15) is 9.90 Å². The lowest BCUT2D eigenvalue weighted by atomic mass is 9.66. The molecule has 0 atom stereocenters. The van der Waals surface area contributed by atoms with Gasteiger partial charge in [0.15, 0.2) is 0 Å². The molecule has 0 heterocycles. The number of unbranched alkanes of at least 4 members (excludes halogenated alkanes) is 2. The number of aliphatic carboxylic acids is 1. The molecule has 0 aromatic heterocycles. The Morgan fingerprint density at radius 1 is 1.04 bits per heavy atom. The summed E-state index contributed by atoms with van der Waals surface area (Å²) in [5.41, 5.74) is 2.90. The minimum Gasteiger partial charge on any atom is -0.481 e. The molecule has 1 saturated carbocycles. The fourth-order valence-electron chi connectivity index (χ4n) is 4.49. The van der Waals surface area contributed by atoms with Crippen LogP contribution in [-0.4, -0.2) is 11.1 Å². The van der Waals surface area contributed by atoms with Gasteiger partial charge < -0.3 is 5.11 Å². The van der Waals surface area contributed by atoms with Crippen LogP contribution in [0.1, 0.15) is 69.4 Å². The fraction of sp³-hybridized carbons (Fsp3) is 0.440. The van der Waals surface area contributed by atoms with Gasteiger partial charge in [-0.25, -0.2) is 0 Å². The zero-order valence-electron chi connectivity index (χ0n) is 16.7. The van der Waals surface area contributed by atoms with Crippen molar-refractivity contribution in [1.82, 2.24) is 0 Å². The van der Waals surface area contributed by atoms with E-state index < -0.39 is 11.4 Å². The highest BCUT2D eigenvalue weighted by Gasteiger charge is 2.43.